The summed E-state index contributed by atoms with van der Waals surface area (Å²) in [6.07, 6.45) is 0.409. The number of hydrogen-bond acceptors (Lipinski definition) is 3. The third kappa shape index (κ3) is 8.60. The second-order valence-corrected chi connectivity index (χ2v) is 10.6. The van der Waals surface area contributed by atoms with Gasteiger partial charge in [-0.1, -0.05) is 85.6 Å². The molecule has 0 heterocycles. The molecule has 184 valence electrons. The number of rotatable bonds is 11. The highest BCUT2D eigenvalue weighted by Crippen LogP contribution is 2.24. The van der Waals surface area contributed by atoms with E-state index in [-0.39, 0.29) is 24.1 Å². The minimum absolute atomic E-state index is 0.134. The molecular weight excluding hydrogens is 499 g/mol. The van der Waals surface area contributed by atoms with E-state index in [4.69, 9.17) is 23.2 Å². The summed E-state index contributed by atoms with van der Waals surface area (Å²) in [5.74, 6) is 0.184. The van der Waals surface area contributed by atoms with Crippen LogP contribution in [0.2, 0.25) is 10.0 Å². The van der Waals surface area contributed by atoms with Crippen molar-refractivity contribution in [2.75, 3.05) is 12.3 Å². The Morgan fingerprint density at radius 2 is 1.57 bits per heavy atom. The number of carbonyl (C=O) groups is 2. The van der Waals surface area contributed by atoms with E-state index in [1.165, 1.54) is 11.8 Å². The lowest BCUT2D eigenvalue weighted by molar-refractivity contribution is -0.139. The van der Waals surface area contributed by atoms with Gasteiger partial charge < -0.3 is 10.2 Å². The average Bonchev–Trinajstić information content (AvgIpc) is 2.85. The maximum absolute atomic E-state index is 13.6. The quantitative estimate of drug-likeness (QED) is 0.289. The molecule has 1 atom stereocenters. The molecular formula is C28H30Cl2N2O2S. The zero-order valence-electron chi connectivity index (χ0n) is 19.9. The SMILES string of the molecule is CC(C)CNC(=O)[C@@H](Cc1ccccc1)N(Cc1ccccc1Cl)C(=O)CSc1ccc(Cl)cc1. The van der Waals surface area contributed by atoms with Gasteiger partial charge in [0.25, 0.3) is 0 Å². The molecule has 0 bridgehead atoms. The fourth-order valence-corrected chi connectivity index (χ4v) is 4.65. The van der Waals surface area contributed by atoms with E-state index in [1.54, 1.807) is 23.1 Å². The summed E-state index contributed by atoms with van der Waals surface area (Å²) in [6, 6.07) is 23.9. The van der Waals surface area contributed by atoms with Crippen LogP contribution in [0.3, 0.4) is 0 Å². The molecule has 0 aliphatic carbocycles. The summed E-state index contributed by atoms with van der Waals surface area (Å²) in [5, 5.41) is 4.24. The third-order valence-corrected chi connectivity index (χ3v) is 7.05. The maximum Gasteiger partial charge on any atom is 0.243 e. The van der Waals surface area contributed by atoms with Crippen molar-refractivity contribution in [3.8, 4) is 0 Å². The molecule has 0 aliphatic heterocycles. The van der Waals surface area contributed by atoms with Crippen LogP contribution in [-0.2, 0) is 22.6 Å². The summed E-state index contributed by atoms with van der Waals surface area (Å²) in [5.41, 5.74) is 1.79. The van der Waals surface area contributed by atoms with Gasteiger partial charge >= 0.3 is 0 Å². The Bertz CT molecular complexity index is 1110. The Labute approximate surface area is 222 Å². The lowest BCUT2D eigenvalue weighted by atomic mass is 10.0. The highest BCUT2D eigenvalue weighted by atomic mass is 35.5. The van der Waals surface area contributed by atoms with Gasteiger partial charge in [0.2, 0.25) is 11.8 Å². The molecule has 2 amide bonds. The van der Waals surface area contributed by atoms with Crippen molar-refractivity contribution < 1.29 is 9.59 Å². The number of nitrogens with one attached hydrogen (secondary N) is 1. The molecule has 0 saturated carbocycles. The Hall–Kier alpha value is -2.47. The van der Waals surface area contributed by atoms with Crippen LogP contribution in [0.1, 0.15) is 25.0 Å². The molecule has 0 spiro atoms. The Kier molecular flexibility index (Phi) is 10.5. The lowest BCUT2D eigenvalue weighted by Crippen LogP contribution is -2.51. The third-order valence-electron chi connectivity index (χ3n) is 5.43. The summed E-state index contributed by atoms with van der Waals surface area (Å²) < 4.78 is 0. The van der Waals surface area contributed by atoms with Gasteiger partial charge in [-0.05, 0) is 47.4 Å². The van der Waals surface area contributed by atoms with Crippen LogP contribution in [0.25, 0.3) is 0 Å². The summed E-state index contributed by atoms with van der Waals surface area (Å²) in [4.78, 5) is 29.6. The molecule has 0 unspecified atom stereocenters. The predicted octanol–water partition coefficient (Wildman–Crippen LogP) is 6.50. The van der Waals surface area contributed by atoms with Crippen molar-refractivity contribution in [1.29, 1.82) is 0 Å². The minimum atomic E-state index is -0.675. The lowest BCUT2D eigenvalue weighted by Gasteiger charge is -2.32. The van der Waals surface area contributed by atoms with Crippen LogP contribution < -0.4 is 5.32 Å². The van der Waals surface area contributed by atoms with E-state index < -0.39 is 6.04 Å². The highest BCUT2D eigenvalue weighted by molar-refractivity contribution is 8.00. The molecule has 0 aliphatic rings. The van der Waals surface area contributed by atoms with E-state index in [1.807, 2.05) is 74.5 Å². The first kappa shape index (κ1) is 27.1. The van der Waals surface area contributed by atoms with Gasteiger partial charge in [-0.3, -0.25) is 9.59 Å². The van der Waals surface area contributed by atoms with E-state index in [9.17, 15) is 9.59 Å². The molecule has 3 rings (SSSR count). The summed E-state index contributed by atoms with van der Waals surface area (Å²) in [6.45, 7) is 4.87. The van der Waals surface area contributed by atoms with Crippen molar-refractivity contribution in [3.63, 3.8) is 0 Å². The van der Waals surface area contributed by atoms with Crippen LogP contribution in [0.4, 0.5) is 0 Å². The Morgan fingerprint density at radius 3 is 2.23 bits per heavy atom. The zero-order chi connectivity index (χ0) is 25.2. The maximum atomic E-state index is 13.6. The van der Waals surface area contributed by atoms with E-state index in [2.05, 4.69) is 5.32 Å². The molecule has 4 nitrogen and oxygen atoms in total. The molecule has 7 heteroatoms. The van der Waals surface area contributed by atoms with Crippen molar-refractivity contribution in [3.05, 3.63) is 100 Å². The first-order valence-electron chi connectivity index (χ1n) is 11.6. The predicted molar refractivity (Wildman–Crippen MR) is 146 cm³/mol. The van der Waals surface area contributed by atoms with Gasteiger partial charge in [-0.15, -0.1) is 11.8 Å². The first-order chi connectivity index (χ1) is 16.8. The van der Waals surface area contributed by atoms with Crippen molar-refractivity contribution in [1.82, 2.24) is 10.2 Å². The van der Waals surface area contributed by atoms with E-state index in [0.29, 0.717) is 28.9 Å². The van der Waals surface area contributed by atoms with E-state index >= 15 is 0 Å². The van der Waals surface area contributed by atoms with Crippen LogP contribution >= 0.6 is 35.0 Å². The molecule has 0 saturated heterocycles. The van der Waals surface area contributed by atoms with Gasteiger partial charge in [0.15, 0.2) is 0 Å². The number of thioether (sulfide) groups is 1. The zero-order valence-corrected chi connectivity index (χ0v) is 22.2. The van der Waals surface area contributed by atoms with Crippen molar-refractivity contribution in [2.45, 2.75) is 37.8 Å². The fraction of sp³-hybridized carbons (Fsp3) is 0.286. The number of amides is 2. The van der Waals surface area contributed by atoms with Crippen LogP contribution in [0, 0.1) is 5.92 Å². The highest BCUT2D eigenvalue weighted by Gasteiger charge is 2.30. The summed E-state index contributed by atoms with van der Waals surface area (Å²) >= 11 is 13.9. The van der Waals surface area contributed by atoms with Crippen LogP contribution in [0.5, 0.6) is 0 Å². The second kappa shape index (κ2) is 13.6. The van der Waals surface area contributed by atoms with E-state index in [0.717, 1.165) is 16.0 Å². The number of halogens is 2. The fourth-order valence-electron chi connectivity index (χ4n) is 3.55. The van der Waals surface area contributed by atoms with Gasteiger partial charge in [-0.2, -0.15) is 0 Å². The minimum Gasteiger partial charge on any atom is -0.354 e. The van der Waals surface area contributed by atoms with Crippen molar-refractivity contribution in [2.24, 2.45) is 5.92 Å². The van der Waals surface area contributed by atoms with Crippen LogP contribution in [-0.4, -0.2) is 35.1 Å². The number of benzene rings is 3. The molecule has 3 aromatic rings. The largest absolute Gasteiger partial charge is 0.354 e. The number of carbonyl (C=O) groups excluding carboxylic acids is 2. The number of hydrogen-bond donors (Lipinski definition) is 1. The van der Waals surface area contributed by atoms with Gasteiger partial charge in [0, 0.05) is 34.5 Å². The number of nitrogens with zero attached hydrogens (tertiary/aromatic N) is 1. The van der Waals surface area contributed by atoms with Crippen molar-refractivity contribution >= 4 is 46.8 Å². The van der Waals surface area contributed by atoms with Gasteiger partial charge in [0.05, 0.1) is 5.75 Å². The molecule has 0 radical (unpaired) electrons. The average molecular weight is 530 g/mol. The van der Waals surface area contributed by atoms with Gasteiger partial charge in [0.1, 0.15) is 6.04 Å². The topological polar surface area (TPSA) is 49.4 Å². The monoisotopic (exact) mass is 528 g/mol. The van der Waals surface area contributed by atoms with Gasteiger partial charge in [-0.25, -0.2) is 0 Å². The second-order valence-electron chi connectivity index (χ2n) is 8.70. The molecule has 1 N–H and O–H groups in total. The normalized spacial score (nSPS) is 11.8. The Morgan fingerprint density at radius 1 is 0.914 bits per heavy atom. The first-order valence-corrected chi connectivity index (χ1v) is 13.3. The Balaban J connectivity index is 1.90. The molecule has 0 fully saturated rings. The standard InChI is InChI=1S/C28H30Cl2N2O2S/c1-20(2)17-31-28(34)26(16-21-8-4-3-5-9-21)32(18-22-10-6-7-11-25(22)30)27(33)19-35-24-14-12-23(29)13-15-24/h3-15,20,26H,16-19H2,1-2H3,(H,31,34)/t26-/m1/s1. The van der Waals surface area contributed by atoms with Crippen LogP contribution in [0.15, 0.2) is 83.8 Å². The smallest absolute Gasteiger partial charge is 0.243 e. The molecule has 35 heavy (non-hydrogen) atoms. The molecule has 3 aromatic carbocycles. The molecule has 0 aromatic heterocycles. The summed E-state index contributed by atoms with van der Waals surface area (Å²) in [7, 11) is 0.